The SMILES string of the molecule is CCOC(=O)c1ccc(-c2c(C(=O)OCC)c(-c3ccc(C)cc3)n3ccccc23)cc1. The lowest BCUT2D eigenvalue weighted by Gasteiger charge is -2.09. The van der Waals surface area contributed by atoms with Crippen LogP contribution in [0.2, 0.25) is 0 Å². The van der Waals surface area contributed by atoms with Crippen LogP contribution in [0, 0.1) is 6.92 Å². The minimum Gasteiger partial charge on any atom is -0.462 e. The van der Waals surface area contributed by atoms with Crippen molar-refractivity contribution in [3.05, 3.63) is 89.6 Å². The average molecular weight is 428 g/mol. The highest BCUT2D eigenvalue weighted by Gasteiger charge is 2.26. The Morgan fingerprint density at radius 1 is 0.781 bits per heavy atom. The Kier molecular flexibility index (Phi) is 6.08. The summed E-state index contributed by atoms with van der Waals surface area (Å²) >= 11 is 0. The first-order valence-corrected chi connectivity index (χ1v) is 10.7. The highest BCUT2D eigenvalue weighted by molar-refractivity contribution is 6.09. The summed E-state index contributed by atoms with van der Waals surface area (Å²) < 4.78 is 12.6. The zero-order valence-electron chi connectivity index (χ0n) is 18.4. The first-order chi connectivity index (χ1) is 15.5. The number of carbonyl (C=O) groups is 2. The Morgan fingerprint density at radius 3 is 2.06 bits per heavy atom. The number of carbonyl (C=O) groups excluding carboxylic acids is 2. The molecule has 0 N–H and O–H groups in total. The lowest BCUT2D eigenvalue weighted by atomic mass is 9.97. The monoisotopic (exact) mass is 427 g/mol. The molecule has 162 valence electrons. The van der Waals surface area contributed by atoms with Crippen LogP contribution in [0.15, 0.2) is 72.9 Å². The van der Waals surface area contributed by atoms with Crippen molar-refractivity contribution < 1.29 is 19.1 Å². The van der Waals surface area contributed by atoms with Gasteiger partial charge in [-0.3, -0.25) is 0 Å². The highest BCUT2D eigenvalue weighted by Crippen LogP contribution is 2.39. The third-order valence-electron chi connectivity index (χ3n) is 5.33. The highest BCUT2D eigenvalue weighted by atomic mass is 16.5. The molecule has 0 spiro atoms. The van der Waals surface area contributed by atoms with Crippen LogP contribution in [-0.4, -0.2) is 29.6 Å². The predicted octanol–water partition coefficient (Wildman–Crippen LogP) is 5.94. The van der Waals surface area contributed by atoms with Gasteiger partial charge in [0, 0.05) is 11.8 Å². The van der Waals surface area contributed by atoms with Crippen molar-refractivity contribution in [1.82, 2.24) is 4.40 Å². The maximum atomic E-state index is 13.2. The standard InChI is InChI=1S/C27H25NO4/c1-4-31-26(29)21-15-13-19(14-16-21)23-22-8-6-7-17-28(22)25(24(23)27(30)32-5-2)20-11-9-18(3)10-12-20/h6-17H,4-5H2,1-3H3. The van der Waals surface area contributed by atoms with E-state index in [1.54, 1.807) is 26.0 Å². The van der Waals surface area contributed by atoms with Crippen molar-refractivity contribution >= 4 is 17.5 Å². The number of pyridine rings is 1. The molecule has 2 aromatic heterocycles. The number of hydrogen-bond acceptors (Lipinski definition) is 4. The number of nitrogens with zero attached hydrogens (tertiary/aromatic N) is 1. The van der Waals surface area contributed by atoms with Gasteiger partial charge in [-0.05, 0) is 56.2 Å². The second-order valence-corrected chi connectivity index (χ2v) is 7.44. The van der Waals surface area contributed by atoms with Crippen LogP contribution in [-0.2, 0) is 9.47 Å². The number of aromatic nitrogens is 1. The fourth-order valence-electron chi connectivity index (χ4n) is 3.89. The molecule has 0 aliphatic carbocycles. The summed E-state index contributed by atoms with van der Waals surface area (Å²) in [5.74, 6) is -0.747. The molecule has 0 aliphatic rings. The van der Waals surface area contributed by atoms with Crippen molar-refractivity contribution in [1.29, 1.82) is 0 Å². The van der Waals surface area contributed by atoms with Gasteiger partial charge in [-0.25, -0.2) is 9.59 Å². The third kappa shape index (κ3) is 3.89. The zero-order chi connectivity index (χ0) is 22.7. The van der Waals surface area contributed by atoms with Crippen LogP contribution in [0.4, 0.5) is 0 Å². The Labute approximate surface area is 187 Å². The number of fused-ring (bicyclic) bond motifs is 1. The summed E-state index contributed by atoms with van der Waals surface area (Å²) in [6.07, 6.45) is 1.95. The van der Waals surface area contributed by atoms with Crippen molar-refractivity contribution in [2.45, 2.75) is 20.8 Å². The molecule has 0 aliphatic heterocycles. The van der Waals surface area contributed by atoms with Crippen LogP contribution < -0.4 is 0 Å². The van der Waals surface area contributed by atoms with Gasteiger partial charge in [-0.15, -0.1) is 0 Å². The minimum atomic E-state index is -0.378. The molecule has 4 rings (SSSR count). The summed E-state index contributed by atoms with van der Waals surface area (Å²) in [4.78, 5) is 25.3. The molecular weight excluding hydrogens is 402 g/mol. The van der Waals surface area contributed by atoms with Gasteiger partial charge < -0.3 is 13.9 Å². The second-order valence-electron chi connectivity index (χ2n) is 7.44. The van der Waals surface area contributed by atoms with Crippen LogP contribution >= 0.6 is 0 Å². The number of rotatable bonds is 6. The molecule has 5 nitrogen and oxygen atoms in total. The topological polar surface area (TPSA) is 57.0 Å². The largest absolute Gasteiger partial charge is 0.462 e. The lowest BCUT2D eigenvalue weighted by molar-refractivity contribution is 0.0517. The average Bonchev–Trinajstić information content (AvgIpc) is 3.15. The van der Waals surface area contributed by atoms with E-state index in [2.05, 4.69) is 0 Å². The molecule has 2 aromatic carbocycles. The van der Waals surface area contributed by atoms with E-state index in [0.717, 1.165) is 33.5 Å². The second kappa shape index (κ2) is 9.10. The van der Waals surface area contributed by atoms with E-state index in [9.17, 15) is 9.59 Å². The van der Waals surface area contributed by atoms with Crippen molar-refractivity contribution in [2.75, 3.05) is 13.2 Å². The van der Waals surface area contributed by atoms with Crippen LogP contribution in [0.5, 0.6) is 0 Å². The van der Waals surface area contributed by atoms with Crippen molar-refractivity contribution in [2.24, 2.45) is 0 Å². The Bertz CT molecular complexity index is 1270. The first kappa shape index (κ1) is 21.4. The third-order valence-corrected chi connectivity index (χ3v) is 5.33. The molecule has 0 saturated carbocycles. The zero-order valence-corrected chi connectivity index (χ0v) is 18.4. The molecular formula is C27H25NO4. The maximum Gasteiger partial charge on any atom is 0.341 e. The number of hydrogen-bond donors (Lipinski definition) is 0. The van der Waals surface area contributed by atoms with Gasteiger partial charge >= 0.3 is 11.9 Å². The molecule has 0 radical (unpaired) electrons. The normalized spacial score (nSPS) is 10.8. The van der Waals surface area contributed by atoms with E-state index in [1.807, 2.05) is 72.1 Å². The molecule has 0 atom stereocenters. The van der Waals surface area contributed by atoms with Gasteiger partial charge in [0.2, 0.25) is 0 Å². The van der Waals surface area contributed by atoms with Gasteiger partial charge in [-0.1, -0.05) is 48.0 Å². The fourth-order valence-corrected chi connectivity index (χ4v) is 3.89. The van der Waals surface area contributed by atoms with Gasteiger partial charge in [0.15, 0.2) is 0 Å². The van der Waals surface area contributed by atoms with E-state index in [1.165, 1.54) is 0 Å². The molecule has 32 heavy (non-hydrogen) atoms. The summed E-state index contributed by atoms with van der Waals surface area (Å²) in [5.41, 5.74) is 6.30. The molecule has 5 heteroatoms. The molecule has 0 saturated heterocycles. The Hall–Kier alpha value is -3.86. The van der Waals surface area contributed by atoms with Gasteiger partial charge in [-0.2, -0.15) is 0 Å². The number of aryl methyl sites for hydroxylation is 1. The van der Waals surface area contributed by atoms with E-state index in [-0.39, 0.29) is 18.5 Å². The Balaban J connectivity index is 1.98. The van der Waals surface area contributed by atoms with E-state index >= 15 is 0 Å². The summed E-state index contributed by atoms with van der Waals surface area (Å²) in [6.45, 7) is 6.20. The van der Waals surface area contributed by atoms with E-state index < -0.39 is 0 Å². The van der Waals surface area contributed by atoms with E-state index in [0.29, 0.717) is 17.7 Å². The summed E-state index contributed by atoms with van der Waals surface area (Å²) in [7, 11) is 0. The Morgan fingerprint density at radius 2 is 1.41 bits per heavy atom. The molecule has 0 unspecified atom stereocenters. The fraction of sp³-hybridized carbons (Fsp3) is 0.185. The summed E-state index contributed by atoms with van der Waals surface area (Å²) in [5, 5.41) is 0. The van der Waals surface area contributed by atoms with Crippen LogP contribution in [0.3, 0.4) is 0 Å². The van der Waals surface area contributed by atoms with Crippen LogP contribution in [0.1, 0.15) is 40.1 Å². The van der Waals surface area contributed by atoms with Gasteiger partial charge in [0.05, 0.1) is 35.6 Å². The first-order valence-electron chi connectivity index (χ1n) is 10.7. The molecule has 2 heterocycles. The van der Waals surface area contributed by atoms with E-state index in [4.69, 9.17) is 9.47 Å². The molecule has 0 amide bonds. The summed E-state index contributed by atoms with van der Waals surface area (Å²) in [6, 6.07) is 21.1. The number of esters is 2. The predicted molar refractivity (Wildman–Crippen MR) is 125 cm³/mol. The maximum absolute atomic E-state index is 13.2. The van der Waals surface area contributed by atoms with Crippen molar-refractivity contribution in [3.63, 3.8) is 0 Å². The lowest BCUT2D eigenvalue weighted by Crippen LogP contribution is -2.07. The smallest absolute Gasteiger partial charge is 0.341 e. The minimum absolute atomic E-state index is 0.277. The molecule has 0 bridgehead atoms. The number of benzene rings is 2. The van der Waals surface area contributed by atoms with Gasteiger partial charge in [0.1, 0.15) is 0 Å². The van der Waals surface area contributed by atoms with Crippen LogP contribution in [0.25, 0.3) is 27.9 Å². The van der Waals surface area contributed by atoms with Crippen molar-refractivity contribution in [3.8, 4) is 22.4 Å². The quantitative estimate of drug-likeness (QED) is 0.358. The molecule has 0 fully saturated rings. The molecule has 4 aromatic rings. The number of ether oxygens (including phenoxy) is 2. The van der Waals surface area contributed by atoms with Gasteiger partial charge in [0.25, 0.3) is 0 Å².